The molecular formula is C15H24N2O3. The Morgan fingerprint density at radius 1 is 1.30 bits per heavy atom. The second kappa shape index (κ2) is 7.75. The van der Waals surface area contributed by atoms with Crippen molar-refractivity contribution >= 4 is 5.91 Å². The highest BCUT2D eigenvalue weighted by Crippen LogP contribution is 2.20. The molecule has 0 heterocycles. The van der Waals surface area contributed by atoms with Gasteiger partial charge in [0.05, 0.1) is 6.61 Å². The highest BCUT2D eigenvalue weighted by Gasteiger charge is 2.31. The predicted octanol–water partition coefficient (Wildman–Crippen LogP) is 1.71. The fraction of sp³-hybridized carbons (Fsp3) is 0.533. The molecule has 112 valence electrons. The number of hydrogen-bond donors (Lipinski definition) is 2. The van der Waals surface area contributed by atoms with Crippen LogP contribution in [-0.4, -0.2) is 31.2 Å². The van der Waals surface area contributed by atoms with Crippen molar-refractivity contribution in [1.82, 2.24) is 5.32 Å². The highest BCUT2D eigenvalue weighted by atomic mass is 16.5. The average Bonchev–Trinajstić information content (AvgIpc) is 2.43. The molecule has 0 aliphatic carbocycles. The van der Waals surface area contributed by atoms with E-state index in [1.807, 2.05) is 32.0 Å². The Hall–Kier alpha value is -1.75. The topological polar surface area (TPSA) is 73.6 Å². The molecule has 0 aliphatic rings. The van der Waals surface area contributed by atoms with Gasteiger partial charge in [0, 0.05) is 6.07 Å². The lowest BCUT2D eigenvalue weighted by Gasteiger charge is -2.27. The van der Waals surface area contributed by atoms with E-state index < -0.39 is 11.4 Å². The van der Waals surface area contributed by atoms with E-state index in [2.05, 4.69) is 5.32 Å². The molecule has 20 heavy (non-hydrogen) atoms. The van der Waals surface area contributed by atoms with E-state index >= 15 is 0 Å². The van der Waals surface area contributed by atoms with Gasteiger partial charge in [-0.05, 0) is 38.9 Å². The standard InChI is InChI=1S/C15H24N2O3/c1-4-9-17-15(3,14(16)18)11-20-13-8-6-7-12(10-13)19-5-2/h6-8,10,17H,4-5,9,11H2,1-3H3,(H2,16,18). The van der Waals surface area contributed by atoms with Crippen LogP contribution in [0.3, 0.4) is 0 Å². The van der Waals surface area contributed by atoms with Crippen molar-refractivity contribution in [3.8, 4) is 11.5 Å². The first kappa shape index (κ1) is 16.3. The minimum atomic E-state index is -0.877. The summed E-state index contributed by atoms with van der Waals surface area (Å²) in [6.07, 6.45) is 0.919. The second-order valence-electron chi connectivity index (χ2n) is 4.82. The first-order valence-electron chi connectivity index (χ1n) is 6.92. The molecule has 3 N–H and O–H groups in total. The molecule has 0 fully saturated rings. The van der Waals surface area contributed by atoms with Crippen molar-refractivity contribution in [2.75, 3.05) is 19.8 Å². The molecule has 1 aromatic carbocycles. The van der Waals surface area contributed by atoms with Crippen LogP contribution in [-0.2, 0) is 4.79 Å². The maximum absolute atomic E-state index is 11.6. The van der Waals surface area contributed by atoms with Crippen molar-refractivity contribution in [1.29, 1.82) is 0 Å². The molecule has 5 heteroatoms. The lowest BCUT2D eigenvalue weighted by atomic mass is 10.0. The van der Waals surface area contributed by atoms with Gasteiger partial charge in [0.15, 0.2) is 0 Å². The smallest absolute Gasteiger partial charge is 0.240 e. The Balaban J connectivity index is 2.67. The van der Waals surface area contributed by atoms with Gasteiger partial charge in [0.1, 0.15) is 23.6 Å². The fourth-order valence-corrected chi connectivity index (χ4v) is 1.66. The Morgan fingerprint density at radius 3 is 2.50 bits per heavy atom. The third kappa shape index (κ3) is 4.74. The normalized spacial score (nSPS) is 13.6. The summed E-state index contributed by atoms with van der Waals surface area (Å²) in [5.41, 5.74) is 4.57. The van der Waals surface area contributed by atoms with Gasteiger partial charge in [-0.3, -0.25) is 4.79 Å². The number of carbonyl (C=O) groups excluding carboxylic acids is 1. The van der Waals surface area contributed by atoms with Crippen LogP contribution in [0.25, 0.3) is 0 Å². The van der Waals surface area contributed by atoms with E-state index in [1.165, 1.54) is 0 Å². The zero-order valence-electron chi connectivity index (χ0n) is 12.4. The SMILES string of the molecule is CCCNC(C)(COc1cccc(OCC)c1)C(N)=O. The number of nitrogens with two attached hydrogens (primary N) is 1. The summed E-state index contributed by atoms with van der Waals surface area (Å²) in [6, 6.07) is 7.33. The third-order valence-electron chi connectivity index (χ3n) is 2.95. The largest absolute Gasteiger partial charge is 0.494 e. The first-order valence-corrected chi connectivity index (χ1v) is 6.92. The van der Waals surface area contributed by atoms with Gasteiger partial charge in [0.25, 0.3) is 0 Å². The molecule has 0 bridgehead atoms. The Labute approximate surface area is 120 Å². The molecule has 1 atom stereocenters. The Kier molecular flexibility index (Phi) is 6.31. The molecule has 1 aromatic rings. The molecule has 0 radical (unpaired) electrons. The molecule has 1 amide bonds. The highest BCUT2D eigenvalue weighted by molar-refractivity contribution is 5.84. The second-order valence-corrected chi connectivity index (χ2v) is 4.82. The van der Waals surface area contributed by atoms with Gasteiger partial charge in [-0.15, -0.1) is 0 Å². The van der Waals surface area contributed by atoms with Crippen LogP contribution in [0.2, 0.25) is 0 Å². The molecule has 0 saturated carbocycles. The third-order valence-corrected chi connectivity index (χ3v) is 2.95. The molecule has 1 unspecified atom stereocenters. The quantitative estimate of drug-likeness (QED) is 0.722. The summed E-state index contributed by atoms with van der Waals surface area (Å²) < 4.78 is 11.1. The number of hydrogen-bond acceptors (Lipinski definition) is 4. The van der Waals surface area contributed by atoms with Crippen LogP contribution in [0.4, 0.5) is 0 Å². The zero-order valence-corrected chi connectivity index (χ0v) is 12.4. The van der Waals surface area contributed by atoms with E-state index in [9.17, 15) is 4.79 Å². The number of rotatable bonds is 9. The zero-order chi connectivity index (χ0) is 15.0. The number of nitrogens with one attached hydrogen (secondary N) is 1. The van der Waals surface area contributed by atoms with E-state index in [-0.39, 0.29) is 6.61 Å². The van der Waals surface area contributed by atoms with Gasteiger partial charge in [0.2, 0.25) is 5.91 Å². The summed E-state index contributed by atoms with van der Waals surface area (Å²) in [6.45, 7) is 7.19. The average molecular weight is 280 g/mol. The number of benzene rings is 1. The maximum atomic E-state index is 11.6. The number of primary amides is 1. The van der Waals surface area contributed by atoms with Crippen molar-refractivity contribution in [2.45, 2.75) is 32.7 Å². The van der Waals surface area contributed by atoms with Gasteiger partial charge in [-0.1, -0.05) is 13.0 Å². The maximum Gasteiger partial charge on any atom is 0.240 e. The molecule has 0 spiro atoms. The van der Waals surface area contributed by atoms with E-state index in [4.69, 9.17) is 15.2 Å². The van der Waals surface area contributed by atoms with Crippen molar-refractivity contribution < 1.29 is 14.3 Å². The summed E-state index contributed by atoms with van der Waals surface area (Å²) in [4.78, 5) is 11.6. The number of ether oxygens (including phenoxy) is 2. The summed E-state index contributed by atoms with van der Waals surface area (Å²) >= 11 is 0. The van der Waals surface area contributed by atoms with Gasteiger partial charge in [-0.2, -0.15) is 0 Å². The lowest BCUT2D eigenvalue weighted by Crippen LogP contribution is -2.57. The molecule has 5 nitrogen and oxygen atoms in total. The predicted molar refractivity (Wildman–Crippen MR) is 79.0 cm³/mol. The fourth-order valence-electron chi connectivity index (χ4n) is 1.66. The molecular weight excluding hydrogens is 256 g/mol. The van der Waals surface area contributed by atoms with Crippen molar-refractivity contribution in [3.05, 3.63) is 24.3 Å². The van der Waals surface area contributed by atoms with Crippen LogP contribution < -0.4 is 20.5 Å². The van der Waals surface area contributed by atoms with E-state index in [0.29, 0.717) is 18.9 Å². The number of carbonyl (C=O) groups is 1. The molecule has 0 aromatic heterocycles. The van der Waals surface area contributed by atoms with E-state index in [1.54, 1.807) is 13.0 Å². The molecule has 1 rings (SSSR count). The van der Waals surface area contributed by atoms with Crippen LogP contribution in [0, 0.1) is 0 Å². The van der Waals surface area contributed by atoms with Crippen LogP contribution >= 0.6 is 0 Å². The van der Waals surface area contributed by atoms with Gasteiger partial charge in [-0.25, -0.2) is 0 Å². The van der Waals surface area contributed by atoms with Crippen molar-refractivity contribution in [3.63, 3.8) is 0 Å². The van der Waals surface area contributed by atoms with Crippen LogP contribution in [0.15, 0.2) is 24.3 Å². The summed E-state index contributed by atoms with van der Waals surface area (Å²) in [5, 5.41) is 3.12. The van der Waals surface area contributed by atoms with Gasteiger partial charge < -0.3 is 20.5 Å². The summed E-state index contributed by atoms with van der Waals surface area (Å²) in [7, 11) is 0. The summed E-state index contributed by atoms with van der Waals surface area (Å²) in [5.74, 6) is 0.973. The lowest BCUT2D eigenvalue weighted by molar-refractivity contribution is -0.125. The Bertz CT molecular complexity index is 437. The van der Waals surface area contributed by atoms with Crippen LogP contribution in [0.1, 0.15) is 27.2 Å². The molecule has 0 saturated heterocycles. The van der Waals surface area contributed by atoms with Gasteiger partial charge >= 0.3 is 0 Å². The minimum absolute atomic E-state index is 0.178. The van der Waals surface area contributed by atoms with Crippen molar-refractivity contribution in [2.24, 2.45) is 5.73 Å². The van der Waals surface area contributed by atoms with E-state index in [0.717, 1.165) is 12.2 Å². The molecule has 0 aliphatic heterocycles. The number of amides is 1. The Morgan fingerprint density at radius 2 is 1.95 bits per heavy atom. The first-order chi connectivity index (χ1) is 9.51. The minimum Gasteiger partial charge on any atom is -0.494 e. The monoisotopic (exact) mass is 280 g/mol. The van der Waals surface area contributed by atoms with Crippen LogP contribution in [0.5, 0.6) is 11.5 Å².